The third-order valence-corrected chi connectivity index (χ3v) is 3.08. The quantitative estimate of drug-likeness (QED) is 0.801. The molecule has 0 unspecified atom stereocenters. The highest BCUT2D eigenvalue weighted by atomic mass is 35.5. The van der Waals surface area contributed by atoms with Crippen molar-refractivity contribution in [1.29, 1.82) is 5.26 Å². The van der Waals surface area contributed by atoms with Crippen molar-refractivity contribution < 1.29 is 22.0 Å². The van der Waals surface area contributed by atoms with E-state index in [2.05, 4.69) is 4.98 Å². The standard InChI is InChI=1S/C12H7ClF5N3/c13-7-1-2-9-8(5-19)20-10(21(9)6-7)3-4-11(14,15)12(16,17)18/h1-2,6H,3-4H2. The number of nitriles is 1. The molecule has 0 fully saturated rings. The van der Waals surface area contributed by atoms with Crippen molar-refractivity contribution >= 4 is 17.1 Å². The molecule has 9 heteroatoms. The Hall–Kier alpha value is -1.88. The van der Waals surface area contributed by atoms with E-state index < -0.39 is 24.9 Å². The number of imidazole rings is 1. The summed E-state index contributed by atoms with van der Waals surface area (Å²) in [5, 5.41) is 9.13. The summed E-state index contributed by atoms with van der Waals surface area (Å²) < 4.78 is 63.5. The largest absolute Gasteiger partial charge is 0.453 e. The minimum Gasteiger partial charge on any atom is -0.301 e. The van der Waals surface area contributed by atoms with E-state index in [1.807, 2.05) is 0 Å². The molecule has 0 saturated heterocycles. The van der Waals surface area contributed by atoms with Crippen molar-refractivity contribution in [3.63, 3.8) is 0 Å². The summed E-state index contributed by atoms with van der Waals surface area (Å²) in [5.41, 5.74) is 0.240. The van der Waals surface area contributed by atoms with Crippen LogP contribution in [0.3, 0.4) is 0 Å². The lowest BCUT2D eigenvalue weighted by Gasteiger charge is -2.18. The number of hydrogen-bond acceptors (Lipinski definition) is 2. The van der Waals surface area contributed by atoms with Gasteiger partial charge in [-0.25, -0.2) is 4.98 Å². The van der Waals surface area contributed by atoms with Crippen LogP contribution in [-0.2, 0) is 6.42 Å². The molecule has 0 aliphatic carbocycles. The molecule has 3 nitrogen and oxygen atoms in total. The number of halogens is 6. The Balaban J connectivity index is 2.36. The van der Waals surface area contributed by atoms with Gasteiger partial charge in [-0.05, 0) is 12.1 Å². The average Bonchev–Trinajstić information content (AvgIpc) is 2.72. The number of aryl methyl sites for hydroxylation is 1. The topological polar surface area (TPSA) is 41.1 Å². The van der Waals surface area contributed by atoms with Crippen LogP contribution in [0.15, 0.2) is 18.3 Å². The van der Waals surface area contributed by atoms with Crippen LogP contribution in [0.1, 0.15) is 17.9 Å². The van der Waals surface area contributed by atoms with E-state index in [0.29, 0.717) is 5.52 Å². The molecule has 2 aromatic rings. The molecular formula is C12H7ClF5N3. The molecule has 0 atom stereocenters. The van der Waals surface area contributed by atoms with Gasteiger partial charge in [0, 0.05) is 19.0 Å². The molecule has 21 heavy (non-hydrogen) atoms. The summed E-state index contributed by atoms with van der Waals surface area (Å²) in [6, 6.07) is 4.66. The maximum atomic E-state index is 12.9. The first-order valence-corrected chi connectivity index (χ1v) is 6.04. The molecule has 0 aliphatic heterocycles. The summed E-state index contributed by atoms with van der Waals surface area (Å²) in [5.74, 6) is -4.89. The van der Waals surface area contributed by atoms with E-state index in [0.717, 1.165) is 0 Å². The van der Waals surface area contributed by atoms with Crippen LogP contribution in [-0.4, -0.2) is 21.5 Å². The average molecular weight is 324 g/mol. The summed E-state index contributed by atoms with van der Waals surface area (Å²) in [7, 11) is 0. The molecule has 0 aromatic carbocycles. The fourth-order valence-corrected chi connectivity index (χ4v) is 1.95. The molecule has 2 heterocycles. The van der Waals surface area contributed by atoms with Crippen LogP contribution in [0.5, 0.6) is 0 Å². The van der Waals surface area contributed by atoms with Crippen molar-refractivity contribution in [3.8, 4) is 6.07 Å². The van der Waals surface area contributed by atoms with Crippen LogP contribution in [0.4, 0.5) is 22.0 Å². The number of nitrogens with zero attached hydrogens (tertiary/aromatic N) is 3. The number of alkyl halides is 5. The van der Waals surface area contributed by atoms with Crippen molar-refractivity contribution in [2.75, 3.05) is 0 Å². The predicted octanol–water partition coefficient (Wildman–Crippen LogP) is 3.99. The fourth-order valence-electron chi connectivity index (χ4n) is 1.79. The van der Waals surface area contributed by atoms with E-state index in [-0.39, 0.29) is 16.5 Å². The van der Waals surface area contributed by atoms with Gasteiger partial charge in [0.2, 0.25) is 0 Å². The van der Waals surface area contributed by atoms with Crippen LogP contribution >= 0.6 is 11.6 Å². The molecule has 0 bridgehead atoms. The van der Waals surface area contributed by atoms with Gasteiger partial charge in [-0.1, -0.05) is 11.6 Å². The lowest BCUT2D eigenvalue weighted by Crippen LogP contribution is -2.36. The monoisotopic (exact) mass is 323 g/mol. The van der Waals surface area contributed by atoms with Gasteiger partial charge in [0.1, 0.15) is 11.9 Å². The first kappa shape index (κ1) is 15.5. The zero-order valence-corrected chi connectivity index (χ0v) is 11.0. The molecule has 0 N–H and O–H groups in total. The minimum absolute atomic E-state index is 0.0583. The molecular weight excluding hydrogens is 317 g/mol. The van der Waals surface area contributed by atoms with Crippen molar-refractivity contribution in [3.05, 3.63) is 34.9 Å². The number of hydrogen-bond donors (Lipinski definition) is 0. The smallest absolute Gasteiger partial charge is 0.301 e. The van der Waals surface area contributed by atoms with Gasteiger partial charge in [0.15, 0.2) is 5.69 Å². The molecule has 112 valence electrons. The van der Waals surface area contributed by atoms with Gasteiger partial charge < -0.3 is 4.40 Å². The lowest BCUT2D eigenvalue weighted by molar-refractivity contribution is -0.284. The highest BCUT2D eigenvalue weighted by Crippen LogP contribution is 2.38. The van der Waals surface area contributed by atoms with Crippen molar-refractivity contribution in [2.45, 2.75) is 24.9 Å². The van der Waals surface area contributed by atoms with Crippen molar-refractivity contribution in [1.82, 2.24) is 9.38 Å². The Labute approximate surface area is 120 Å². The van der Waals surface area contributed by atoms with Gasteiger partial charge in [0.25, 0.3) is 0 Å². The van der Waals surface area contributed by atoms with E-state index in [4.69, 9.17) is 16.9 Å². The summed E-state index contributed by atoms with van der Waals surface area (Å²) in [6.07, 6.45) is -6.40. The number of fused-ring (bicyclic) bond motifs is 1. The Morgan fingerprint density at radius 3 is 2.48 bits per heavy atom. The SMILES string of the molecule is N#Cc1nc(CCC(F)(F)C(F)(F)F)n2cc(Cl)ccc12. The third kappa shape index (κ3) is 2.93. The number of rotatable bonds is 3. The van der Waals surface area contributed by atoms with E-state index in [1.54, 1.807) is 6.07 Å². The Kier molecular flexibility index (Phi) is 3.80. The maximum Gasteiger partial charge on any atom is 0.453 e. The van der Waals surface area contributed by atoms with E-state index in [1.165, 1.54) is 22.7 Å². The zero-order valence-electron chi connectivity index (χ0n) is 10.3. The Bertz CT molecular complexity index is 714. The third-order valence-electron chi connectivity index (χ3n) is 2.86. The molecule has 2 rings (SSSR count). The van der Waals surface area contributed by atoms with E-state index in [9.17, 15) is 22.0 Å². The Morgan fingerprint density at radius 2 is 1.90 bits per heavy atom. The summed E-state index contributed by atoms with van der Waals surface area (Å²) in [4.78, 5) is 3.78. The van der Waals surface area contributed by atoms with Crippen LogP contribution in [0.25, 0.3) is 5.52 Å². The minimum atomic E-state index is -5.62. The highest BCUT2D eigenvalue weighted by Gasteiger charge is 2.56. The fraction of sp³-hybridized carbons (Fsp3) is 0.333. The molecule has 2 aromatic heterocycles. The lowest BCUT2D eigenvalue weighted by atomic mass is 10.1. The van der Waals surface area contributed by atoms with Crippen molar-refractivity contribution in [2.24, 2.45) is 0 Å². The maximum absolute atomic E-state index is 12.9. The first-order chi connectivity index (χ1) is 9.65. The predicted molar refractivity (Wildman–Crippen MR) is 64.2 cm³/mol. The first-order valence-electron chi connectivity index (χ1n) is 5.67. The second-order valence-corrected chi connectivity index (χ2v) is 4.73. The molecule has 0 spiro atoms. The summed E-state index contributed by atoms with van der Waals surface area (Å²) >= 11 is 5.75. The molecule has 0 aliphatic rings. The van der Waals surface area contributed by atoms with Gasteiger partial charge in [-0.2, -0.15) is 27.2 Å². The second kappa shape index (κ2) is 5.15. The van der Waals surface area contributed by atoms with Gasteiger partial charge >= 0.3 is 12.1 Å². The molecule has 0 amide bonds. The Morgan fingerprint density at radius 1 is 1.24 bits per heavy atom. The molecule has 0 radical (unpaired) electrons. The molecule has 0 saturated carbocycles. The normalized spacial score (nSPS) is 12.6. The van der Waals surface area contributed by atoms with Crippen LogP contribution in [0.2, 0.25) is 5.02 Å². The number of pyridine rings is 1. The van der Waals surface area contributed by atoms with Crippen LogP contribution in [0, 0.1) is 11.3 Å². The summed E-state index contributed by atoms with van der Waals surface area (Å²) in [6.45, 7) is 0. The van der Waals surface area contributed by atoms with Crippen LogP contribution < -0.4 is 0 Å². The number of aromatic nitrogens is 2. The van der Waals surface area contributed by atoms with Gasteiger partial charge in [-0.15, -0.1) is 0 Å². The second-order valence-electron chi connectivity index (χ2n) is 4.29. The van der Waals surface area contributed by atoms with Gasteiger partial charge in [-0.3, -0.25) is 0 Å². The zero-order chi connectivity index (χ0) is 15.8. The van der Waals surface area contributed by atoms with E-state index >= 15 is 0 Å². The highest BCUT2D eigenvalue weighted by molar-refractivity contribution is 6.30. The van der Waals surface area contributed by atoms with Gasteiger partial charge in [0.05, 0.1) is 10.5 Å².